The molecule has 0 amide bonds. The number of thiophene rings is 1. The third kappa shape index (κ3) is 3.55. The Bertz CT molecular complexity index is 1320. The second-order valence-electron chi connectivity index (χ2n) is 10.9. The Morgan fingerprint density at radius 3 is 2.27 bits per heavy atom. The van der Waals surface area contributed by atoms with Crippen LogP contribution in [0.15, 0.2) is 54.6 Å². The molecule has 3 unspecified atom stereocenters. The fourth-order valence-corrected chi connectivity index (χ4v) is 8.85. The van der Waals surface area contributed by atoms with E-state index < -0.39 is 0 Å². The molecular weight excluding hydrogens is 440 g/mol. The van der Waals surface area contributed by atoms with Crippen molar-refractivity contribution < 1.29 is 0 Å². The summed E-state index contributed by atoms with van der Waals surface area (Å²) >= 11 is 8.88. The highest BCUT2D eigenvalue weighted by atomic mass is 35.5. The number of rotatable bonds is 3. The van der Waals surface area contributed by atoms with E-state index in [1.807, 2.05) is 11.3 Å². The van der Waals surface area contributed by atoms with E-state index in [1.54, 1.807) is 0 Å². The van der Waals surface area contributed by atoms with Gasteiger partial charge in [-0.25, -0.2) is 0 Å². The first kappa shape index (κ1) is 20.5. The summed E-state index contributed by atoms with van der Waals surface area (Å²) in [6, 6.07) is 21.1. The molecule has 1 heterocycles. The summed E-state index contributed by atoms with van der Waals surface area (Å²) in [7, 11) is 0. The molecule has 0 aliphatic heterocycles. The average Bonchev–Trinajstić information content (AvgIpc) is 3.58. The molecule has 0 radical (unpaired) electrons. The van der Waals surface area contributed by atoms with Crippen molar-refractivity contribution in [3.05, 3.63) is 70.7 Å². The fraction of sp³-hybridized carbons (Fsp3) is 0.419. The third-order valence-electron chi connectivity index (χ3n) is 9.03. The van der Waals surface area contributed by atoms with Gasteiger partial charge in [-0.2, -0.15) is 0 Å². The number of benzene rings is 3. The van der Waals surface area contributed by atoms with E-state index >= 15 is 0 Å². The van der Waals surface area contributed by atoms with Gasteiger partial charge in [-0.15, -0.1) is 11.3 Å². The smallest absolute Gasteiger partial charge is 0.0501 e. The van der Waals surface area contributed by atoms with Crippen molar-refractivity contribution in [3.8, 4) is 11.1 Å². The van der Waals surface area contributed by atoms with Crippen LogP contribution < -0.4 is 0 Å². The molecule has 4 aromatic rings. The Morgan fingerprint density at radius 2 is 1.52 bits per heavy atom. The second kappa shape index (κ2) is 8.14. The van der Waals surface area contributed by atoms with Crippen LogP contribution in [0.25, 0.3) is 31.3 Å². The van der Waals surface area contributed by atoms with Crippen LogP contribution in [0.3, 0.4) is 0 Å². The molecule has 33 heavy (non-hydrogen) atoms. The van der Waals surface area contributed by atoms with Crippen molar-refractivity contribution in [3.63, 3.8) is 0 Å². The van der Waals surface area contributed by atoms with E-state index in [9.17, 15) is 0 Å². The maximum Gasteiger partial charge on any atom is 0.0501 e. The molecule has 3 fully saturated rings. The quantitative estimate of drug-likeness (QED) is 0.279. The first-order chi connectivity index (χ1) is 16.2. The standard InChI is InChI=1S/C31H31ClS/c32-28-17-25(26-15-19-6-7-24(26)14-19)18-30-31(28)27-16-23(12-13-29(27)33-30)22-10-8-21(9-11-22)20-4-2-1-3-5-20/h8-13,16-20,24,26H,1-7,14-15H2. The van der Waals surface area contributed by atoms with E-state index in [1.165, 1.54) is 100 Å². The summed E-state index contributed by atoms with van der Waals surface area (Å²) in [5, 5.41) is 3.51. The molecule has 7 rings (SSSR count). The maximum absolute atomic E-state index is 6.97. The molecule has 3 aliphatic rings. The lowest BCUT2D eigenvalue weighted by molar-refractivity contribution is 0.420. The Morgan fingerprint density at radius 1 is 0.697 bits per heavy atom. The molecule has 0 saturated heterocycles. The predicted octanol–water partition coefficient (Wildman–Crippen LogP) is 10.3. The van der Waals surface area contributed by atoms with E-state index in [-0.39, 0.29) is 0 Å². The van der Waals surface area contributed by atoms with Crippen LogP contribution in [-0.4, -0.2) is 0 Å². The van der Waals surface area contributed by atoms with Crippen molar-refractivity contribution in [2.45, 2.75) is 69.6 Å². The van der Waals surface area contributed by atoms with Crippen molar-refractivity contribution in [2.24, 2.45) is 11.8 Å². The summed E-state index contributed by atoms with van der Waals surface area (Å²) in [6.45, 7) is 0. The SMILES string of the molecule is Clc1cc(C2CC3CCC2C3)cc2sc3ccc(-c4ccc(C5CCCCC5)cc4)cc3c12. The summed E-state index contributed by atoms with van der Waals surface area (Å²) < 4.78 is 2.71. The molecule has 3 aromatic carbocycles. The van der Waals surface area contributed by atoms with Crippen LogP contribution >= 0.6 is 22.9 Å². The Balaban J connectivity index is 1.24. The van der Waals surface area contributed by atoms with E-state index in [0.717, 1.165) is 28.7 Å². The average molecular weight is 471 g/mol. The fourth-order valence-electron chi connectivity index (χ4n) is 7.31. The summed E-state index contributed by atoms with van der Waals surface area (Å²) in [6.07, 6.45) is 12.6. The van der Waals surface area contributed by atoms with Crippen molar-refractivity contribution in [1.29, 1.82) is 0 Å². The highest BCUT2D eigenvalue weighted by molar-refractivity contribution is 7.26. The summed E-state index contributed by atoms with van der Waals surface area (Å²) in [5.41, 5.74) is 5.62. The van der Waals surface area contributed by atoms with E-state index in [4.69, 9.17) is 11.6 Å². The Hall–Kier alpha value is -1.83. The van der Waals surface area contributed by atoms with Crippen molar-refractivity contribution in [1.82, 2.24) is 0 Å². The molecule has 2 heteroatoms. The maximum atomic E-state index is 6.97. The van der Waals surface area contributed by atoms with Gasteiger partial charge in [-0.05, 0) is 102 Å². The molecule has 168 valence electrons. The van der Waals surface area contributed by atoms with Crippen LogP contribution in [0.1, 0.15) is 80.8 Å². The van der Waals surface area contributed by atoms with Crippen LogP contribution in [0.2, 0.25) is 5.02 Å². The zero-order valence-corrected chi connectivity index (χ0v) is 20.7. The topological polar surface area (TPSA) is 0 Å². The Labute approximate surface area is 206 Å². The zero-order valence-electron chi connectivity index (χ0n) is 19.2. The molecular formula is C31H31ClS. The second-order valence-corrected chi connectivity index (χ2v) is 12.4. The van der Waals surface area contributed by atoms with Crippen molar-refractivity contribution in [2.75, 3.05) is 0 Å². The van der Waals surface area contributed by atoms with Crippen LogP contribution in [0.5, 0.6) is 0 Å². The van der Waals surface area contributed by atoms with Gasteiger partial charge in [0.25, 0.3) is 0 Å². The summed E-state index contributed by atoms with van der Waals surface area (Å²) in [5.74, 6) is 3.35. The highest BCUT2D eigenvalue weighted by Gasteiger charge is 2.40. The number of hydrogen-bond acceptors (Lipinski definition) is 1. The van der Waals surface area contributed by atoms with Gasteiger partial charge in [0.2, 0.25) is 0 Å². The lowest BCUT2D eigenvalue weighted by Crippen LogP contribution is -2.08. The van der Waals surface area contributed by atoms with Crippen molar-refractivity contribution >= 4 is 43.1 Å². The van der Waals surface area contributed by atoms with Gasteiger partial charge in [-0.3, -0.25) is 0 Å². The number of halogens is 1. The largest absolute Gasteiger partial charge is 0.135 e. The van der Waals surface area contributed by atoms with Gasteiger partial charge >= 0.3 is 0 Å². The molecule has 2 bridgehead atoms. The van der Waals surface area contributed by atoms with Gasteiger partial charge < -0.3 is 0 Å². The predicted molar refractivity (Wildman–Crippen MR) is 144 cm³/mol. The first-order valence-corrected chi connectivity index (χ1v) is 14.2. The minimum absolute atomic E-state index is 0.731. The Kier molecular flexibility index (Phi) is 5.06. The molecule has 0 nitrogen and oxygen atoms in total. The molecule has 1 aromatic heterocycles. The zero-order chi connectivity index (χ0) is 21.9. The molecule has 0 N–H and O–H groups in total. The van der Waals surface area contributed by atoms with Gasteiger partial charge in [0.05, 0.1) is 5.02 Å². The molecule has 3 aliphatic carbocycles. The first-order valence-electron chi connectivity index (χ1n) is 13.0. The minimum Gasteiger partial charge on any atom is -0.135 e. The number of fused-ring (bicyclic) bond motifs is 5. The molecule has 0 spiro atoms. The summed E-state index contributed by atoms with van der Waals surface area (Å²) in [4.78, 5) is 0. The van der Waals surface area contributed by atoms with Gasteiger partial charge in [-0.1, -0.05) is 67.6 Å². The van der Waals surface area contributed by atoms with Crippen LogP contribution in [0, 0.1) is 11.8 Å². The normalized spacial score (nSPS) is 25.4. The van der Waals surface area contributed by atoms with Gasteiger partial charge in [0.1, 0.15) is 0 Å². The lowest BCUT2D eigenvalue weighted by Gasteiger charge is -2.22. The molecule has 3 saturated carbocycles. The van der Waals surface area contributed by atoms with Crippen LogP contribution in [-0.2, 0) is 0 Å². The lowest BCUT2D eigenvalue weighted by atomic mass is 9.83. The van der Waals surface area contributed by atoms with Gasteiger partial charge in [0.15, 0.2) is 0 Å². The molecule has 3 atom stereocenters. The van der Waals surface area contributed by atoms with Crippen LogP contribution in [0.4, 0.5) is 0 Å². The van der Waals surface area contributed by atoms with E-state index in [0.29, 0.717) is 0 Å². The minimum atomic E-state index is 0.731. The van der Waals surface area contributed by atoms with E-state index in [2.05, 4.69) is 54.6 Å². The monoisotopic (exact) mass is 470 g/mol. The van der Waals surface area contributed by atoms with Gasteiger partial charge in [0, 0.05) is 20.2 Å². The number of hydrogen-bond donors (Lipinski definition) is 0. The third-order valence-corrected chi connectivity index (χ3v) is 10.4. The highest BCUT2D eigenvalue weighted by Crippen LogP contribution is 2.54.